The highest BCUT2D eigenvalue weighted by atomic mass is 32.2. The van der Waals surface area contributed by atoms with Gasteiger partial charge in [-0.05, 0) is 30.8 Å². The third kappa shape index (κ3) is 3.54. The quantitative estimate of drug-likeness (QED) is 0.908. The molecular formula is C12H13FN4OS. The van der Waals surface area contributed by atoms with Gasteiger partial charge in [-0.3, -0.25) is 0 Å². The van der Waals surface area contributed by atoms with E-state index >= 15 is 0 Å². The number of methoxy groups -OCH3 is 1. The van der Waals surface area contributed by atoms with E-state index in [-0.39, 0.29) is 11.8 Å². The van der Waals surface area contributed by atoms with Gasteiger partial charge in [0.05, 0.1) is 12.0 Å². The van der Waals surface area contributed by atoms with Crippen LogP contribution in [-0.4, -0.2) is 28.6 Å². The fourth-order valence-corrected chi connectivity index (χ4v) is 2.10. The lowest BCUT2D eigenvalue weighted by atomic mass is 10.4. The summed E-state index contributed by atoms with van der Waals surface area (Å²) in [6.07, 6.45) is 0. The third-order valence-corrected chi connectivity index (χ3v) is 3.07. The van der Waals surface area contributed by atoms with E-state index in [9.17, 15) is 4.39 Å². The van der Waals surface area contributed by atoms with Crippen LogP contribution in [0.4, 0.5) is 10.3 Å². The topological polar surface area (TPSA) is 59.9 Å². The maximum Gasteiger partial charge on any atom is 0.321 e. The number of halogens is 1. The molecule has 1 N–H and O–H groups in total. The molecule has 1 heterocycles. The molecule has 0 amide bonds. The zero-order valence-corrected chi connectivity index (χ0v) is 11.4. The lowest BCUT2D eigenvalue weighted by Gasteiger charge is -2.06. The van der Waals surface area contributed by atoms with E-state index in [0.29, 0.717) is 22.5 Å². The second kappa shape index (κ2) is 6.33. The second-order valence-corrected chi connectivity index (χ2v) is 4.50. The first kappa shape index (κ1) is 13.5. The van der Waals surface area contributed by atoms with Gasteiger partial charge in [0.1, 0.15) is 5.82 Å². The van der Waals surface area contributed by atoms with Crippen molar-refractivity contribution in [1.29, 1.82) is 0 Å². The smallest absolute Gasteiger partial charge is 0.321 e. The van der Waals surface area contributed by atoms with Crippen LogP contribution in [0.25, 0.3) is 0 Å². The van der Waals surface area contributed by atoms with E-state index in [1.807, 2.05) is 6.92 Å². The van der Waals surface area contributed by atoms with Gasteiger partial charge >= 0.3 is 6.01 Å². The van der Waals surface area contributed by atoms with Crippen LogP contribution in [0.3, 0.4) is 0 Å². The predicted molar refractivity (Wildman–Crippen MR) is 71.1 cm³/mol. The van der Waals surface area contributed by atoms with Crippen molar-refractivity contribution in [3.8, 4) is 6.01 Å². The molecule has 7 heteroatoms. The lowest BCUT2D eigenvalue weighted by Crippen LogP contribution is -2.05. The van der Waals surface area contributed by atoms with Crippen LogP contribution < -0.4 is 10.1 Å². The fourth-order valence-electron chi connectivity index (χ4n) is 1.34. The Morgan fingerprint density at radius 1 is 1.26 bits per heavy atom. The fraction of sp³-hybridized carbons (Fsp3) is 0.250. The van der Waals surface area contributed by atoms with E-state index in [1.54, 1.807) is 18.2 Å². The van der Waals surface area contributed by atoms with E-state index in [1.165, 1.54) is 13.2 Å². The molecule has 0 radical (unpaired) electrons. The van der Waals surface area contributed by atoms with Crippen LogP contribution in [0.2, 0.25) is 0 Å². The summed E-state index contributed by atoms with van der Waals surface area (Å²) in [6, 6.07) is 6.66. The molecule has 0 saturated carbocycles. The van der Waals surface area contributed by atoms with Crippen molar-refractivity contribution >= 4 is 17.7 Å². The molecule has 0 spiro atoms. The summed E-state index contributed by atoms with van der Waals surface area (Å²) in [7, 11) is 1.47. The van der Waals surface area contributed by atoms with Gasteiger partial charge in [0.2, 0.25) is 11.1 Å². The number of rotatable bonds is 5. The van der Waals surface area contributed by atoms with Crippen molar-refractivity contribution < 1.29 is 9.13 Å². The van der Waals surface area contributed by atoms with Crippen LogP contribution in [0, 0.1) is 5.82 Å². The van der Waals surface area contributed by atoms with Crippen molar-refractivity contribution in [3.05, 3.63) is 30.1 Å². The maximum atomic E-state index is 13.6. The van der Waals surface area contributed by atoms with Crippen LogP contribution >= 0.6 is 11.8 Å². The number of hydrogen-bond acceptors (Lipinski definition) is 6. The Morgan fingerprint density at radius 2 is 2.05 bits per heavy atom. The van der Waals surface area contributed by atoms with E-state index in [4.69, 9.17) is 4.74 Å². The standard InChI is InChI=1S/C12H13FN4OS/c1-3-14-10-15-11(18-2)17-12(16-10)19-9-7-5-4-6-8(9)13/h4-7H,3H2,1-2H3,(H,14,15,16,17). The Morgan fingerprint density at radius 3 is 2.74 bits per heavy atom. The highest BCUT2D eigenvalue weighted by Gasteiger charge is 2.10. The molecule has 0 aliphatic rings. The summed E-state index contributed by atoms with van der Waals surface area (Å²) >= 11 is 1.13. The van der Waals surface area contributed by atoms with Gasteiger partial charge in [0.25, 0.3) is 0 Å². The lowest BCUT2D eigenvalue weighted by molar-refractivity contribution is 0.373. The molecule has 19 heavy (non-hydrogen) atoms. The highest BCUT2D eigenvalue weighted by molar-refractivity contribution is 7.99. The number of benzene rings is 1. The average molecular weight is 280 g/mol. The van der Waals surface area contributed by atoms with Crippen molar-refractivity contribution in [2.75, 3.05) is 19.0 Å². The molecule has 1 aromatic heterocycles. The second-order valence-electron chi connectivity index (χ2n) is 3.49. The van der Waals surface area contributed by atoms with E-state index in [0.717, 1.165) is 11.8 Å². The number of ether oxygens (including phenoxy) is 1. The zero-order valence-electron chi connectivity index (χ0n) is 10.6. The van der Waals surface area contributed by atoms with Crippen LogP contribution in [-0.2, 0) is 0 Å². The summed E-state index contributed by atoms with van der Waals surface area (Å²) in [5, 5.41) is 3.36. The average Bonchev–Trinajstić information content (AvgIpc) is 2.41. The minimum Gasteiger partial charge on any atom is -0.467 e. The summed E-state index contributed by atoms with van der Waals surface area (Å²) in [5.41, 5.74) is 0. The summed E-state index contributed by atoms with van der Waals surface area (Å²) in [4.78, 5) is 12.8. The monoisotopic (exact) mass is 280 g/mol. The minimum atomic E-state index is -0.308. The molecule has 0 fully saturated rings. The molecule has 0 bridgehead atoms. The Kier molecular flexibility index (Phi) is 4.51. The molecule has 0 saturated heterocycles. The Labute approximate surface area is 114 Å². The molecule has 5 nitrogen and oxygen atoms in total. The predicted octanol–water partition coefficient (Wildman–Crippen LogP) is 2.60. The largest absolute Gasteiger partial charge is 0.467 e. The van der Waals surface area contributed by atoms with Gasteiger partial charge < -0.3 is 10.1 Å². The van der Waals surface area contributed by atoms with Gasteiger partial charge in [0.15, 0.2) is 0 Å². The summed E-state index contributed by atoms with van der Waals surface area (Å²) < 4.78 is 18.6. The maximum absolute atomic E-state index is 13.6. The molecule has 0 atom stereocenters. The summed E-state index contributed by atoms with van der Waals surface area (Å²) in [6.45, 7) is 2.61. The molecule has 1 aromatic carbocycles. The van der Waals surface area contributed by atoms with Crippen molar-refractivity contribution in [3.63, 3.8) is 0 Å². The highest BCUT2D eigenvalue weighted by Crippen LogP contribution is 2.28. The zero-order chi connectivity index (χ0) is 13.7. The van der Waals surface area contributed by atoms with Gasteiger partial charge in [-0.1, -0.05) is 12.1 Å². The van der Waals surface area contributed by atoms with Crippen molar-refractivity contribution in [1.82, 2.24) is 15.0 Å². The minimum absolute atomic E-state index is 0.199. The molecular weight excluding hydrogens is 267 g/mol. The first-order valence-electron chi connectivity index (χ1n) is 5.69. The molecule has 2 aromatic rings. The molecule has 2 rings (SSSR count). The Bertz CT molecular complexity index is 567. The van der Waals surface area contributed by atoms with Crippen LogP contribution in [0.15, 0.2) is 34.3 Å². The number of nitrogens with zero attached hydrogens (tertiary/aromatic N) is 3. The van der Waals surface area contributed by atoms with Gasteiger partial charge in [-0.2, -0.15) is 15.0 Å². The molecule has 100 valence electrons. The summed E-state index contributed by atoms with van der Waals surface area (Å²) in [5.74, 6) is 0.102. The molecule has 0 unspecified atom stereocenters. The van der Waals surface area contributed by atoms with Gasteiger partial charge in [0, 0.05) is 6.54 Å². The number of anilines is 1. The molecule has 0 aliphatic carbocycles. The van der Waals surface area contributed by atoms with Crippen LogP contribution in [0.5, 0.6) is 6.01 Å². The number of hydrogen-bond donors (Lipinski definition) is 1. The van der Waals surface area contributed by atoms with Crippen LogP contribution in [0.1, 0.15) is 6.92 Å². The normalized spacial score (nSPS) is 10.3. The van der Waals surface area contributed by atoms with Crippen molar-refractivity contribution in [2.24, 2.45) is 0 Å². The molecule has 0 aliphatic heterocycles. The third-order valence-electron chi connectivity index (χ3n) is 2.15. The Hall–Kier alpha value is -1.89. The SMILES string of the molecule is CCNc1nc(OC)nc(Sc2ccccc2F)n1. The number of aromatic nitrogens is 3. The van der Waals surface area contributed by atoms with Crippen molar-refractivity contribution in [2.45, 2.75) is 17.0 Å². The Balaban J connectivity index is 2.29. The van der Waals surface area contributed by atoms with Gasteiger partial charge in [-0.15, -0.1) is 0 Å². The first-order valence-corrected chi connectivity index (χ1v) is 6.51. The first-order chi connectivity index (χ1) is 9.22. The van der Waals surface area contributed by atoms with E-state index in [2.05, 4.69) is 20.3 Å². The van der Waals surface area contributed by atoms with E-state index < -0.39 is 0 Å². The van der Waals surface area contributed by atoms with Gasteiger partial charge in [-0.25, -0.2) is 4.39 Å². The number of nitrogens with one attached hydrogen (secondary N) is 1.